The molecule has 3 nitrogen and oxygen atoms in total. The maximum Gasteiger partial charge on any atom is 0.233 e. The van der Waals surface area contributed by atoms with Crippen LogP contribution in [0.3, 0.4) is 0 Å². The van der Waals surface area contributed by atoms with Crippen LogP contribution >= 0.6 is 11.8 Å². The van der Waals surface area contributed by atoms with Crippen LogP contribution in [0.4, 0.5) is 0 Å². The van der Waals surface area contributed by atoms with Gasteiger partial charge in [-0.2, -0.15) is 0 Å². The lowest BCUT2D eigenvalue weighted by Gasteiger charge is -2.30. The van der Waals surface area contributed by atoms with Crippen LogP contribution in [0.1, 0.15) is 12.8 Å². The highest BCUT2D eigenvalue weighted by molar-refractivity contribution is 8.00. The molecule has 1 atom stereocenters. The first kappa shape index (κ1) is 14.4. The second kappa shape index (κ2) is 6.50. The van der Waals surface area contributed by atoms with Crippen LogP contribution in [0.15, 0.2) is 47.4 Å². The summed E-state index contributed by atoms with van der Waals surface area (Å²) < 4.78 is 0. The molecule has 1 aliphatic rings. The third kappa shape index (κ3) is 3.57. The van der Waals surface area contributed by atoms with Gasteiger partial charge in [0.25, 0.3) is 0 Å². The number of hydrogen-bond acceptors (Lipinski definition) is 3. The smallest absolute Gasteiger partial charge is 0.233 e. The zero-order valence-electron chi connectivity index (χ0n) is 11.9. The monoisotopic (exact) mass is 301 g/mol. The quantitative estimate of drug-likeness (QED) is 0.886. The van der Waals surface area contributed by atoms with Crippen molar-refractivity contribution in [2.75, 3.05) is 18.8 Å². The van der Waals surface area contributed by atoms with Crippen LogP contribution in [0.5, 0.6) is 0 Å². The second-order valence-corrected chi connectivity index (χ2v) is 6.48. The predicted molar refractivity (Wildman–Crippen MR) is 86.5 cm³/mol. The Bertz CT molecular complexity index is 643. The van der Waals surface area contributed by atoms with Gasteiger partial charge in [0.15, 0.2) is 0 Å². The lowest BCUT2D eigenvalue weighted by molar-refractivity contribution is -0.131. The van der Waals surface area contributed by atoms with Gasteiger partial charge < -0.3 is 10.0 Å². The van der Waals surface area contributed by atoms with E-state index in [0.29, 0.717) is 12.3 Å². The number of aliphatic hydroxyl groups excluding tert-OH is 1. The molecular formula is C17H19NO2S. The molecule has 4 heteroatoms. The Balaban J connectivity index is 1.61. The summed E-state index contributed by atoms with van der Waals surface area (Å²) in [5.74, 6) is 0.553. The molecule has 110 valence electrons. The van der Waals surface area contributed by atoms with Gasteiger partial charge in [-0.05, 0) is 35.7 Å². The summed E-state index contributed by atoms with van der Waals surface area (Å²) in [6.07, 6.45) is 1.35. The Kier molecular flexibility index (Phi) is 4.46. The lowest BCUT2D eigenvalue weighted by atomic mass is 10.1. The molecule has 0 bridgehead atoms. The van der Waals surface area contributed by atoms with Gasteiger partial charge in [-0.1, -0.05) is 30.3 Å². The van der Waals surface area contributed by atoms with Crippen LogP contribution in [-0.2, 0) is 4.79 Å². The normalized spacial score (nSPS) is 18.9. The van der Waals surface area contributed by atoms with Crippen molar-refractivity contribution in [2.24, 2.45) is 0 Å². The number of carbonyl (C=O) groups excluding carboxylic acids is 1. The van der Waals surface area contributed by atoms with Gasteiger partial charge in [0.2, 0.25) is 5.91 Å². The van der Waals surface area contributed by atoms with Gasteiger partial charge in [0, 0.05) is 18.0 Å². The van der Waals surface area contributed by atoms with E-state index in [1.54, 1.807) is 16.7 Å². The molecule has 1 saturated heterocycles. The molecule has 1 amide bonds. The molecule has 1 heterocycles. The molecule has 0 spiro atoms. The molecule has 0 saturated carbocycles. The Morgan fingerprint density at radius 3 is 2.86 bits per heavy atom. The number of hydrogen-bond donors (Lipinski definition) is 1. The van der Waals surface area contributed by atoms with Crippen LogP contribution in [-0.4, -0.2) is 40.9 Å². The highest BCUT2D eigenvalue weighted by Crippen LogP contribution is 2.24. The van der Waals surface area contributed by atoms with Crippen molar-refractivity contribution in [3.8, 4) is 0 Å². The molecule has 1 aliphatic heterocycles. The SMILES string of the molecule is O=C(CSc1ccc2ccccc2c1)N1CCCC(O)C1. The number of piperidine rings is 1. The maximum atomic E-state index is 12.2. The van der Waals surface area contributed by atoms with Gasteiger partial charge in [0.1, 0.15) is 0 Å². The minimum absolute atomic E-state index is 0.118. The van der Waals surface area contributed by atoms with Crippen LogP contribution < -0.4 is 0 Å². The summed E-state index contributed by atoms with van der Waals surface area (Å²) in [4.78, 5) is 15.1. The van der Waals surface area contributed by atoms with E-state index in [4.69, 9.17) is 0 Å². The zero-order valence-corrected chi connectivity index (χ0v) is 12.7. The first-order valence-electron chi connectivity index (χ1n) is 7.30. The lowest BCUT2D eigenvalue weighted by Crippen LogP contribution is -2.42. The number of likely N-dealkylation sites (tertiary alicyclic amines) is 1. The van der Waals surface area contributed by atoms with E-state index in [1.807, 2.05) is 12.1 Å². The van der Waals surface area contributed by atoms with Gasteiger partial charge in [-0.15, -0.1) is 11.8 Å². The summed E-state index contributed by atoms with van der Waals surface area (Å²) in [5.41, 5.74) is 0. The highest BCUT2D eigenvalue weighted by atomic mass is 32.2. The van der Waals surface area contributed by atoms with Crippen molar-refractivity contribution in [3.05, 3.63) is 42.5 Å². The standard InChI is InChI=1S/C17H19NO2S/c19-15-6-3-9-18(11-15)17(20)12-21-16-8-7-13-4-1-2-5-14(13)10-16/h1-2,4-5,7-8,10,15,19H,3,6,9,11-12H2. The van der Waals surface area contributed by atoms with Gasteiger partial charge in [-0.25, -0.2) is 0 Å². The zero-order chi connectivity index (χ0) is 14.7. The maximum absolute atomic E-state index is 12.2. The van der Waals surface area contributed by atoms with Crippen LogP contribution in [0.25, 0.3) is 10.8 Å². The third-order valence-electron chi connectivity index (χ3n) is 3.83. The van der Waals surface area contributed by atoms with E-state index in [9.17, 15) is 9.90 Å². The number of benzene rings is 2. The Labute approximate surface area is 129 Å². The molecule has 0 aromatic heterocycles. The molecule has 1 fully saturated rings. The van der Waals surface area contributed by atoms with E-state index in [2.05, 4.69) is 30.3 Å². The predicted octanol–water partition coefficient (Wildman–Crippen LogP) is 2.92. The minimum atomic E-state index is -0.353. The Morgan fingerprint density at radius 1 is 1.24 bits per heavy atom. The average Bonchev–Trinajstić information content (AvgIpc) is 2.52. The largest absolute Gasteiger partial charge is 0.391 e. The van der Waals surface area contributed by atoms with Crippen molar-refractivity contribution < 1.29 is 9.90 Å². The number of carbonyl (C=O) groups is 1. The van der Waals surface area contributed by atoms with Crippen molar-refractivity contribution in [1.29, 1.82) is 0 Å². The van der Waals surface area contributed by atoms with Gasteiger partial charge >= 0.3 is 0 Å². The van der Waals surface area contributed by atoms with Crippen molar-refractivity contribution in [2.45, 2.75) is 23.8 Å². The Hall–Kier alpha value is -1.52. The van der Waals surface area contributed by atoms with Crippen LogP contribution in [0, 0.1) is 0 Å². The minimum Gasteiger partial charge on any atom is -0.391 e. The highest BCUT2D eigenvalue weighted by Gasteiger charge is 2.21. The van der Waals surface area contributed by atoms with E-state index < -0.39 is 0 Å². The van der Waals surface area contributed by atoms with Crippen LogP contribution in [0.2, 0.25) is 0 Å². The van der Waals surface area contributed by atoms with E-state index in [-0.39, 0.29) is 12.0 Å². The first-order chi connectivity index (χ1) is 10.2. The fourth-order valence-corrected chi connectivity index (χ4v) is 3.52. The summed E-state index contributed by atoms with van der Waals surface area (Å²) in [7, 11) is 0. The number of aliphatic hydroxyl groups is 1. The number of rotatable bonds is 3. The number of β-amino-alcohol motifs (C(OH)–C–C–N with tert-alkyl or cyclic N) is 1. The van der Waals surface area contributed by atoms with Crippen molar-refractivity contribution >= 4 is 28.4 Å². The molecule has 0 aliphatic carbocycles. The summed E-state index contributed by atoms with van der Waals surface area (Å²) in [6.45, 7) is 1.26. The number of amides is 1. The molecule has 21 heavy (non-hydrogen) atoms. The second-order valence-electron chi connectivity index (χ2n) is 5.43. The summed E-state index contributed by atoms with van der Waals surface area (Å²) in [6, 6.07) is 14.5. The Morgan fingerprint density at radius 2 is 2.05 bits per heavy atom. The average molecular weight is 301 g/mol. The molecule has 1 unspecified atom stereocenters. The van der Waals surface area contributed by atoms with Crippen molar-refractivity contribution in [3.63, 3.8) is 0 Å². The summed E-state index contributed by atoms with van der Waals surface area (Å²) >= 11 is 1.57. The molecule has 3 rings (SSSR count). The number of thioether (sulfide) groups is 1. The van der Waals surface area contributed by atoms with Gasteiger partial charge in [-0.3, -0.25) is 4.79 Å². The molecule has 2 aromatic rings. The van der Waals surface area contributed by atoms with Gasteiger partial charge in [0.05, 0.1) is 11.9 Å². The van der Waals surface area contributed by atoms with E-state index in [0.717, 1.165) is 24.3 Å². The molecular weight excluding hydrogens is 282 g/mol. The number of fused-ring (bicyclic) bond motifs is 1. The summed E-state index contributed by atoms with van der Waals surface area (Å²) in [5, 5.41) is 12.0. The topological polar surface area (TPSA) is 40.5 Å². The van der Waals surface area contributed by atoms with E-state index >= 15 is 0 Å². The first-order valence-corrected chi connectivity index (χ1v) is 8.28. The fraction of sp³-hybridized carbons (Fsp3) is 0.353. The molecule has 1 N–H and O–H groups in total. The molecule has 2 aromatic carbocycles. The van der Waals surface area contributed by atoms with Crippen molar-refractivity contribution in [1.82, 2.24) is 4.90 Å². The fourth-order valence-electron chi connectivity index (χ4n) is 2.67. The van der Waals surface area contributed by atoms with E-state index in [1.165, 1.54) is 10.8 Å². The molecule has 0 radical (unpaired) electrons. The third-order valence-corrected chi connectivity index (χ3v) is 4.81. The number of nitrogens with zero attached hydrogens (tertiary/aromatic N) is 1.